The molecule has 0 saturated heterocycles. The molecule has 0 bridgehead atoms. The number of furan rings is 1. The van der Waals surface area contributed by atoms with Crippen LogP contribution in [0.5, 0.6) is 0 Å². The van der Waals surface area contributed by atoms with E-state index < -0.39 is 0 Å². The molecule has 0 aliphatic heterocycles. The van der Waals surface area contributed by atoms with Gasteiger partial charge in [-0.1, -0.05) is 67.6 Å². The Bertz CT molecular complexity index is 1210. The summed E-state index contributed by atoms with van der Waals surface area (Å²) in [5.74, 6) is 2.24. The highest BCUT2D eigenvalue weighted by molar-refractivity contribution is 7.19. The number of benzene rings is 2. The van der Waals surface area contributed by atoms with Gasteiger partial charge in [-0.05, 0) is 56.2 Å². The summed E-state index contributed by atoms with van der Waals surface area (Å²) in [6, 6.07) is 25.7. The molecule has 0 fully saturated rings. The van der Waals surface area contributed by atoms with E-state index in [1.807, 2.05) is 12.1 Å². The summed E-state index contributed by atoms with van der Waals surface area (Å²) >= 11 is 0. The van der Waals surface area contributed by atoms with Gasteiger partial charge in [-0.2, -0.15) is 0 Å². The van der Waals surface area contributed by atoms with Crippen molar-refractivity contribution in [2.75, 3.05) is 6.54 Å². The van der Waals surface area contributed by atoms with E-state index in [0.29, 0.717) is 6.04 Å². The van der Waals surface area contributed by atoms with Gasteiger partial charge in [0.2, 0.25) is 0 Å². The van der Waals surface area contributed by atoms with Crippen LogP contribution < -0.4 is 0 Å². The number of hydrogen-bond donors (Lipinski definition) is 0. The maximum absolute atomic E-state index is 5.35. The quantitative estimate of drug-likeness (QED) is 0.196. The number of aryl methyl sites for hydroxylation is 1. The predicted molar refractivity (Wildman–Crippen MR) is 155 cm³/mol. The van der Waals surface area contributed by atoms with Crippen molar-refractivity contribution in [3.63, 3.8) is 0 Å². The first kappa shape index (κ1) is 25.5. The molecule has 3 atom stereocenters. The number of hydrogen-bond acceptors (Lipinski definition) is 3. The Morgan fingerprint density at radius 1 is 1.03 bits per heavy atom. The second kappa shape index (κ2) is 12.4. The summed E-state index contributed by atoms with van der Waals surface area (Å²) in [6.45, 7) is 5.59. The van der Waals surface area contributed by atoms with Crippen molar-refractivity contribution in [3.05, 3.63) is 102 Å². The van der Waals surface area contributed by atoms with E-state index in [1.54, 1.807) is 6.26 Å². The van der Waals surface area contributed by atoms with Crippen molar-refractivity contribution in [2.24, 2.45) is 0 Å². The van der Waals surface area contributed by atoms with Crippen LogP contribution in [0.15, 0.2) is 89.7 Å². The van der Waals surface area contributed by atoms with Crippen molar-refractivity contribution in [2.45, 2.75) is 44.9 Å². The molecule has 2 heterocycles. The summed E-state index contributed by atoms with van der Waals surface area (Å²) < 4.78 is 5.35. The summed E-state index contributed by atoms with van der Waals surface area (Å²) in [4.78, 5) is 7.81. The zero-order valence-electron chi connectivity index (χ0n) is 20.5. The van der Waals surface area contributed by atoms with Crippen LogP contribution in [0, 0.1) is 0 Å². The number of pyridine rings is 1. The van der Waals surface area contributed by atoms with E-state index in [4.69, 9.17) is 9.40 Å². The molecule has 3 nitrogen and oxygen atoms in total. The molecule has 4 aromatic rings. The monoisotopic (exact) mass is 500 g/mol. The Balaban J connectivity index is 1.64. The average molecular weight is 501 g/mol. The lowest BCUT2D eigenvalue weighted by Crippen LogP contribution is -2.35. The van der Waals surface area contributed by atoms with Crippen molar-refractivity contribution < 1.29 is 4.42 Å². The van der Waals surface area contributed by atoms with Gasteiger partial charge in [0.05, 0.1) is 24.0 Å². The second-order valence-corrected chi connectivity index (χ2v) is 9.84. The van der Waals surface area contributed by atoms with Gasteiger partial charge in [0.15, 0.2) is 0 Å². The number of aromatic nitrogens is 1. The average Bonchev–Trinajstić information content (AvgIpc) is 3.46. The summed E-state index contributed by atoms with van der Waals surface area (Å²) in [5.41, 5.74) is 7.94. The van der Waals surface area contributed by atoms with Gasteiger partial charge < -0.3 is 4.42 Å². The van der Waals surface area contributed by atoms with Crippen LogP contribution in [-0.2, 0) is 6.42 Å². The third kappa shape index (κ3) is 6.17. The van der Waals surface area contributed by atoms with Crippen molar-refractivity contribution in [1.82, 2.24) is 9.88 Å². The normalized spacial score (nSPS) is 13.0. The van der Waals surface area contributed by atoms with Gasteiger partial charge in [0.25, 0.3) is 0 Å². The fourth-order valence-corrected chi connectivity index (χ4v) is 5.47. The van der Waals surface area contributed by atoms with Crippen LogP contribution >= 0.6 is 18.1 Å². The van der Waals surface area contributed by atoms with Crippen molar-refractivity contribution in [1.29, 1.82) is 0 Å². The van der Waals surface area contributed by atoms with Gasteiger partial charge in [-0.15, -0.1) is 18.1 Å². The third-order valence-corrected chi connectivity index (χ3v) is 7.59. The molecule has 4 rings (SSSR count). The van der Waals surface area contributed by atoms with Gasteiger partial charge >= 0.3 is 0 Å². The SMILES string of the molecule is CCCN(C(C)CCc1nc(-c2ccccc2)c(-c2ccccc2)cc1C=P)C(P)c1ccoc1. The van der Waals surface area contributed by atoms with E-state index >= 15 is 0 Å². The Hall–Kier alpha value is -2.57. The minimum atomic E-state index is 0.235. The van der Waals surface area contributed by atoms with Gasteiger partial charge in [-0.25, -0.2) is 0 Å². The van der Waals surface area contributed by atoms with Gasteiger partial charge in [-0.3, -0.25) is 9.88 Å². The Morgan fingerprint density at radius 3 is 2.31 bits per heavy atom. The van der Waals surface area contributed by atoms with Crippen molar-refractivity contribution in [3.8, 4) is 22.4 Å². The first-order chi connectivity index (χ1) is 17.1. The lowest BCUT2D eigenvalue weighted by molar-refractivity contribution is 0.184. The Labute approximate surface area is 214 Å². The zero-order valence-corrected chi connectivity index (χ0v) is 22.7. The van der Waals surface area contributed by atoms with Crippen molar-refractivity contribution >= 4 is 23.9 Å². The summed E-state index contributed by atoms with van der Waals surface area (Å²) in [6.07, 6.45) is 6.62. The molecule has 180 valence electrons. The van der Waals surface area contributed by atoms with E-state index in [0.717, 1.165) is 53.9 Å². The molecule has 5 heteroatoms. The van der Waals surface area contributed by atoms with Crippen LogP contribution in [0.3, 0.4) is 0 Å². The van der Waals surface area contributed by atoms with E-state index in [9.17, 15) is 0 Å². The largest absolute Gasteiger partial charge is 0.472 e. The molecule has 0 N–H and O–H groups in total. The standard InChI is InChI=1S/C30H34N2OP2/c1-3-17-32(30(35)25-16-18-33-20-25)22(2)14-15-28-26(21-34)19-27(23-10-6-4-7-11-23)29(31-28)24-12-8-5-9-13-24/h4-13,16,18-22,30,34H,3,14-15,17,35H2,1-2H3. The molecule has 0 radical (unpaired) electrons. The summed E-state index contributed by atoms with van der Waals surface area (Å²) in [7, 11) is 6.67. The van der Waals surface area contributed by atoms with E-state index in [1.165, 1.54) is 11.1 Å². The first-order valence-electron chi connectivity index (χ1n) is 12.3. The molecule has 0 amide bonds. The first-order valence-corrected chi connectivity index (χ1v) is 13.6. The van der Waals surface area contributed by atoms with Crippen LogP contribution in [0.4, 0.5) is 0 Å². The maximum atomic E-state index is 5.35. The minimum absolute atomic E-state index is 0.235. The molecule has 3 unspecified atom stereocenters. The zero-order chi connectivity index (χ0) is 24.6. The molecule has 0 spiro atoms. The molecule has 0 aliphatic carbocycles. The summed E-state index contributed by atoms with van der Waals surface area (Å²) in [5, 5.41) is 0. The smallest absolute Gasteiger partial charge is 0.0953 e. The lowest BCUT2D eigenvalue weighted by atomic mass is 9.95. The highest BCUT2D eigenvalue weighted by atomic mass is 31.0. The Morgan fingerprint density at radius 2 is 1.71 bits per heavy atom. The molecule has 2 aromatic carbocycles. The molecular weight excluding hydrogens is 466 g/mol. The third-order valence-electron chi connectivity index (χ3n) is 6.51. The van der Waals surface area contributed by atoms with Crippen LogP contribution in [0.1, 0.15) is 49.3 Å². The molecular formula is C30H34N2OP2. The predicted octanol–water partition coefficient (Wildman–Crippen LogP) is 7.91. The fraction of sp³-hybridized carbons (Fsp3) is 0.267. The van der Waals surface area contributed by atoms with Crippen LogP contribution in [0.2, 0.25) is 0 Å². The fourth-order valence-electron chi connectivity index (χ4n) is 4.58. The molecule has 0 saturated carbocycles. The van der Waals surface area contributed by atoms with E-state index in [2.05, 4.69) is 110 Å². The number of rotatable bonds is 11. The van der Waals surface area contributed by atoms with Gasteiger partial charge in [0, 0.05) is 34.0 Å². The van der Waals surface area contributed by atoms with E-state index in [-0.39, 0.29) is 5.78 Å². The molecule has 2 aromatic heterocycles. The number of nitrogens with zero attached hydrogens (tertiary/aromatic N) is 2. The topological polar surface area (TPSA) is 29.3 Å². The van der Waals surface area contributed by atoms with Gasteiger partial charge in [0.1, 0.15) is 0 Å². The maximum Gasteiger partial charge on any atom is 0.0953 e. The highest BCUT2D eigenvalue weighted by Crippen LogP contribution is 2.34. The lowest BCUT2D eigenvalue weighted by Gasteiger charge is -2.34. The Kier molecular flexibility index (Phi) is 9.05. The second-order valence-electron chi connectivity index (χ2n) is 8.92. The molecule has 0 aliphatic rings. The molecule has 35 heavy (non-hydrogen) atoms. The highest BCUT2D eigenvalue weighted by Gasteiger charge is 2.22. The van der Waals surface area contributed by atoms with Crippen LogP contribution in [-0.4, -0.2) is 28.3 Å². The van der Waals surface area contributed by atoms with Crippen LogP contribution in [0.25, 0.3) is 22.4 Å². The minimum Gasteiger partial charge on any atom is -0.472 e.